The summed E-state index contributed by atoms with van der Waals surface area (Å²) in [5.41, 5.74) is 1.56. The van der Waals surface area contributed by atoms with Gasteiger partial charge in [0.2, 0.25) is 0 Å². The van der Waals surface area contributed by atoms with E-state index in [0.29, 0.717) is 21.4 Å². The Morgan fingerprint density at radius 1 is 1.12 bits per heavy atom. The first kappa shape index (κ1) is 22.4. The van der Waals surface area contributed by atoms with Crippen molar-refractivity contribution in [2.24, 2.45) is 0 Å². The van der Waals surface area contributed by atoms with Gasteiger partial charge in [-0.05, 0) is 93.8 Å². The first-order valence-electron chi connectivity index (χ1n) is 11.4. The molecule has 2 aliphatic heterocycles. The molecule has 8 heteroatoms. The van der Waals surface area contributed by atoms with E-state index < -0.39 is 11.8 Å². The highest BCUT2D eigenvalue weighted by molar-refractivity contribution is 7.80. The molecular formula is C25H27ClN4O2S. The van der Waals surface area contributed by atoms with Crippen LogP contribution in [-0.4, -0.2) is 53.1 Å². The number of anilines is 2. The molecule has 1 unspecified atom stereocenters. The third-order valence-electron chi connectivity index (χ3n) is 7.20. The summed E-state index contributed by atoms with van der Waals surface area (Å²) in [5, 5.41) is 21.5. The summed E-state index contributed by atoms with van der Waals surface area (Å²) in [7, 11) is 2.14. The molecule has 33 heavy (non-hydrogen) atoms. The molecule has 0 radical (unpaired) electrons. The highest BCUT2D eigenvalue weighted by atomic mass is 35.5. The molecular weight excluding hydrogens is 456 g/mol. The Hall–Kier alpha value is -2.37. The van der Waals surface area contributed by atoms with E-state index in [1.54, 1.807) is 23.1 Å². The van der Waals surface area contributed by atoms with Gasteiger partial charge >= 0.3 is 0 Å². The maximum absolute atomic E-state index is 11.4. The lowest BCUT2D eigenvalue weighted by molar-refractivity contribution is 0.0597. The zero-order chi connectivity index (χ0) is 23.2. The van der Waals surface area contributed by atoms with Gasteiger partial charge in [-0.3, -0.25) is 4.90 Å². The van der Waals surface area contributed by atoms with E-state index in [0.717, 1.165) is 56.6 Å². The standard InChI is InChI=1S/C25H27ClN4O2S/c1-28-13-9-21(10-14-28)32-20-7-5-18(6-8-20)30-24(33)29(23(31)25(30)11-2-12-25)19-4-3-17(16-27)22(26)15-19/h3-8,15,21,23,31H,2,9-14H2,1H3. The number of hydrogen-bond acceptors (Lipinski definition) is 5. The second kappa shape index (κ2) is 8.77. The van der Waals surface area contributed by atoms with Gasteiger partial charge < -0.3 is 19.6 Å². The lowest BCUT2D eigenvalue weighted by Crippen LogP contribution is -2.57. The molecule has 5 rings (SSSR count). The Kier molecular flexibility index (Phi) is 5.96. The molecule has 2 aromatic rings. The van der Waals surface area contributed by atoms with Crippen molar-refractivity contribution in [3.63, 3.8) is 0 Å². The van der Waals surface area contributed by atoms with E-state index >= 15 is 0 Å². The smallest absolute Gasteiger partial charge is 0.183 e. The van der Waals surface area contributed by atoms with Crippen molar-refractivity contribution in [1.82, 2.24) is 4.90 Å². The van der Waals surface area contributed by atoms with Crippen molar-refractivity contribution in [2.75, 3.05) is 29.9 Å². The molecule has 1 aliphatic carbocycles. The highest BCUT2D eigenvalue weighted by Crippen LogP contribution is 2.50. The van der Waals surface area contributed by atoms with Crippen LogP contribution in [0, 0.1) is 11.3 Å². The number of aliphatic hydroxyl groups is 1. The predicted molar refractivity (Wildman–Crippen MR) is 134 cm³/mol. The maximum Gasteiger partial charge on any atom is 0.183 e. The Labute approximate surface area is 204 Å². The van der Waals surface area contributed by atoms with Crippen molar-refractivity contribution < 1.29 is 9.84 Å². The number of nitriles is 1. The Morgan fingerprint density at radius 2 is 1.79 bits per heavy atom. The molecule has 1 N–H and O–H groups in total. The number of benzene rings is 2. The maximum atomic E-state index is 11.4. The fourth-order valence-electron chi connectivity index (χ4n) is 5.11. The summed E-state index contributed by atoms with van der Waals surface area (Å²) < 4.78 is 6.21. The van der Waals surface area contributed by atoms with Crippen molar-refractivity contribution in [3.8, 4) is 11.8 Å². The molecule has 2 aromatic carbocycles. The molecule has 2 heterocycles. The van der Waals surface area contributed by atoms with E-state index in [9.17, 15) is 10.4 Å². The zero-order valence-electron chi connectivity index (χ0n) is 18.6. The quantitative estimate of drug-likeness (QED) is 0.642. The third kappa shape index (κ3) is 3.85. The monoisotopic (exact) mass is 482 g/mol. The first-order valence-corrected chi connectivity index (χ1v) is 12.2. The van der Waals surface area contributed by atoms with E-state index in [1.807, 2.05) is 24.3 Å². The minimum absolute atomic E-state index is 0.247. The van der Waals surface area contributed by atoms with E-state index in [1.165, 1.54) is 0 Å². The average molecular weight is 483 g/mol. The number of rotatable bonds is 4. The third-order valence-corrected chi connectivity index (χ3v) is 7.89. The molecule has 1 saturated carbocycles. The number of aliphatic hydroxyl groups excluding tert-OH is 1. The van der Waals surface area contributed by atoms with Crippen molar-refractivity contribution >= 4 is 40.3 Å². The van der Waals surface area contributed by atoms with Gasteiger partial charge in [0.25, 0.3) is 0 Å². The molecule has 3 aliphatic rings. The molecule has 1 atom stereocenters. The van der Waals surface area contributed by atoms with Gasteiger partial charge in [-0.1, -0.05) is 11.6 Å². The first-order chi connectivity index (χ1) is 15.9. The van der Waals surface area contributed by atoms with Crippen LogP contribution in [0.1, 0.15) is 37.7 Å². The van der Waals surface area contributed by atoms with Crippen LogP contribution in [0.3, 0.4) is 0 Å². The van der Waals surface area contributed by atoms with E-state index in [4.69, 9.17) is 28.6 Å². The molecule has 0 amide bonds. The molecule has 6 nitrogen and oxygen atoms in total. The molecule has 3 fully saturated rings. The number of piperidine rings is 1. The second-order valence-electron chi connectivity index (χ2n) is 9.21. The summed E-state index contributed by atoms with van der Waals surface area (Å²) in [6, 6.07) is 15.3. The van der Waals surface area contributed by atoms with Gasteiger partial charge in [-0.15, -0.1) is 0 Å². The molecule has 0 bridgehead atoms. The highest BCUT2D eigenvalue weighted by Gasteiger charge is 2.59. The van der Waals surface area contributed by atoms with E-state index in [-0.39, 0.29) is 6.10 Å². The Balaban J connectivity index is 1.40. The molecule has 0 aromatic heterocycles. The fourth-order valence-corrected chi connectivity index (χ4v) is 5.82. The number of ether oxygens (including phenoxy) is 1. The number of hydrogen-bond donors (Lipinski definition) is 1. The summed E-state index contributed by atoms with van der Waals surface area (Å²) in [6.45, 7) is 2.11. The molecule has 172 valence electrons. The number of halogens is 1. The lowest BCUT2D eigenvalue weighted by atomic mass is 9.74. The van der Waals surface area contributed by atoms with Gasteiger partial charge in [-0.2, -0.15) is 5.26 Å². The summed E-state index contributed by atoms with van der Waals surface area (Å²) in [4.78, 5) is 6.17. The minimum atomic E-state index is -0.794. The van der Waals surface area contributed by atoms with E-state index in [2.05, 4.69) is 22.9 Å². The van der Waals surface area contributed by atoms with Crippen LogP contribution >= 0.6 is 23.8 Å². The molecule has 1 spiro atoms. The van der Waals surface area contributed by atoms with Gasteiger partial charge in [0, 0.05) is 24.5 Å². The van der Waals surface area contributed by atoms with Gasteiger partial charge in [0.1, 0.15) is 17.9 Å². The van der Waals surface area contributed by atoms with Gasteiger partial charge in [0.15, 0.2) is 11.3 Å². The Bertz CT molecular complexity index is 1090. The normalized spacial score (nSPS) is 23.0. The van der Waals surface area contributed by atoms with Gasteiger partial charge in [-0.25, -0.2) is 0 Å². The average Bonchev–Trinajstić information content (AvgIpc) is 3.02. The fraction of sp³-hybridized carbons (Fsp3) is 0.440. The van der Waals surface area contributed by atoms with Crippen LogP contribution in [0.2, 0.25) is 5.02 Å². The predicted octanol–water partition coefficient (Wildman–Crippen LogP) is 4.54. The van der Waals surface area contributed by atoms with Crippen LogP contribution < -0.4 is 14.5 Å². The Morgan fingerprint density at radius 3 is 2.36 bits per heavy atom. The lowest BCUT2D eigenvalue weighted by Gasteiger charge is -2.46. The summed E-state index contributed by atoms with van der Waals surface area (Å²) in [6.07, 6.45) is 4.26. The van der Waals surface area contributed by atoms with Gasteiger partial charge in [0.05, 0.1) is 16.1 Å². The number of nitrogens with zero attached hydrogens (tertiary/aromatic N) is 4. The summed E-state index contributed by atoms with van der Waals surface area (Å²) >= 11 is 12.2. The zero-order valence-corrected chi connectivity index (χ0v) is 20.1. The van der Waals surface area contributed by atoms with Crippen LogP contribution in [0.5, 0.6) is 5.75 Å². The SMILES string of the molecule is CN1CCC(Oc2ccc(N3C(=S)N(c4ccc(C#N)c(Cl)c4)C(O)C34CCC4)cc2)CC1. The largest absolute Gasteiger partial charge is 0.490 e. The van der Waals surface area contributed by atoms with Crippen LogP contribution in [0.25, 0.3) is 0 Å². The van der Waals surface area contributed by atoms with Crippen molar-refractivity contribution in [1.29, 1.82) is 5.26 Å². The topological polar surface area (TPSA) is 63.0 Å². The molecule has 2 saturated heterocycles. The second-order valence-corrected chi connectivity index (χ2v) is 9.98. The van der Waals surface area contributed by atoms with Crippen LogP contribution in [-0.2, 0) is 0 Å². The summed E-state index contributed by atoms with van der Waals surface area (Å²) in [5.74, 6) is 0.859. The number of likely N-dealkylation sites (tertiary alicyclic amines) is 1. The van der Waals surface area contributed by atoms with Crippen LogP contribution in [0.4, 0.5) is 11.4 Å². The van der Waals surface area contributed by atoms with Crippen molar-refractivity contribution in [3.05, 3.63) is 53.1 Å². The van der Waals surface area contributed by atoms with Crippen LogP contribution in [0.15, 0.2) is 42.5 Å². The number of thiocarbonyl (C=S) groups is 1. The van der Waals surface area contributed by atoms with Crippen molar-refractivity contribution in [2.45, 2.75) is 50.0 Å². The minimum Gasteiger partial charge on any atom is -0.490 e.